The number of thiazole rings is 1. The van der Waals surface area contributed by atoms with Gasteiger partial charge in [-0.3, -0.25) is 0 Å². The molecule has 0 radical (unpaired) electrons. The molecule has 0 spiro atoms. The van der Waals surface area contributed by atoms with Gasteiger partial charge < -0.3 is 4.42 Å². The van der Waals surface area contributed by atoms with Crippen molar-refractivity contribution in [1.29, 1.82) is 0 Å². The summed E-state index contributed by atoms with van der Waals surface area (Å²) < 4.78 is 5.88. The highest BCUT2D eigenvalue weighted by molar-refractivity contribution is 7.99. The average molecular weight is 380 g/mol. The van der Waals surface area contributed by atoms with Crippen molar-refractivity contribution in [2.45, 2.75) is 23.8 Å². The first-order valence-electron chi connectivity index (χ1n) is 8.28. The van der Waals surface area contributed by atoms with Gasteiger partial charge in [0.2, 0.25) is 5.89 Å². The molecule has 26 heavy (non-hydrogen) atoms. The van der Waals surface area contributed by atoms with Crippen molar-refractivity contribution in [2.75, 3.05) is 0 Å². The van der Waals surface area contributed by atoms with Gasteiger partial charge in [-0.1, -0.05) is 72.4 Å². The van der Waals surface area contributed by atoms with E-state index in [-0.39, 0.29) is 5.25 Å². The van der Waals surface area contributed by atoms with E-state index in [1.165, 1.54) is 11.1 Å². The van der Waals surface area contributed by atoms with Crippen molar-refractivity contribution in [3.63, 3.8) is 0 Å². The standard InChI is InChI=1S/C20H17N3OS2/c1-14-21-17(13-25-14)12-18-22-23-20(24-18)26-19(15-8-4-2-5-9-15)16-10-6-3-7-11-16/h2-11,13,19H,12H2,1H3. The van der Waals surface area contributed by atoms with Crippen molar-refractivity contribution < 1.29 is 4.42 Å². The summed E-state index contributed by atoms with van der Waals surface area (Å²) in [5, 5.41) is 12.2. The second-order valence-electron chi connectivity index (χ2n) is 5.82. The largest absolute Gasteiger partial charge is 0.416 e. The Morgan fingerprint density at radius 1 is 0.962 bits per heavy atom. The molecule has 4 aromatic rings. The van der Waals surface area contributed by atoms with Gasteiger partial charge in [-0.2, -0.15) is 0 Å². The Kier molecular flexibility index (Phi) is 5.13. The summed E-state index contributed by atoms with van der Waals surface area (Å²) in [6.07, 6.45) is 0.569. The minimum atomic E-state index is 0.104. The van der Waals surface area contributed by atoms with Crippen LogP contribution in [-0.4, -0.2) is 15.2 Å². The zero-order chi connectivity index (χ0) is 17.8. The van der Waals surface area contributed by atoms with E-state index < -0.39 is 0 Å². The van der Waals surface area contributed by atoms with Gasteiger partial charge in [0, 0.05) is 5.38 Å². The normalized spacial score (nSPS) is 11.2. The van der Waals surface area contributed by atoms with E-state index in [2.05, 4.69) is 63.7 Å². The van der Waals surface area contributed by atoms with Gasteiger partial charge in [-0.05, 0) is 18.1 Å². The SMILES string of the molecule is Cc1nc(Cc2nnc(SC(c3ccccc3)c3ccccc3)o2)cs1. The van der Waals surface area contributed by atoms with Gasteiger partial charge in [0.25, 0.3) is 5.22 Å². The highest BCUT2D eigenvalue weighted by atomic mass is 32.2. The first-order chi connectivity index (χ1) is 12.8. The lowest BCUT2D eigenvalue weighted by atomic mass is 10.0. The predicted molar refractivity (Wildman–Crippen MR) is 105 cm³/mol. The van der Waals surface area contributed by atoms with Crippen LogP contribution in [-0.2, 0) is 6.42 Å². The molecular weight excluding hydrogens is 362 g/mol. The molecule has 0 amide bonds. The summed E-state index contributed by atoms with van der Waals surface area (Å²) in [5.41, 5.74) is 3.38. The Morgan fingerprint density at radius 2 is 1.62 bits per heavy atom. The first-order valence-corrected chi connectivity index (χ1v) is 10.0. The Bertz CT molecular complexity index is 927. The molecule has 4 nitrogen and oxygen atoms in total. The van der Waals surface area contributed by atoms with Gasteiger partial charge in [-0.15, -0.1) is 21.5 Å². The monoisotopic (exact) mass is 379 g/mol. The zero-order valence-corrected chi connectivity index (χ0v) is 15.8. The lowest BCUT2D eigenvalue weighted by Crippen LogP contribution is -1.96. The third-order valence-electron chi connectivity index (χ3n) is 3.87. The van der Waals surface area contributed by atoms with E-state index in [0.29, 0.717) is 17.5 Å². The summed E-state index contributed by atoms with van der Waals surface area (Å²) in [6, 6.07) is 20.8. The quantitative estimate of drug-likeness (QED) is 0.425. The molecule has 0 saturated carbocycles. The summed E-state index contributed by atoms with van der Waals surface area (Å²) in [5.74, 6) is 0.595. The molecule has 2 aromatic heterocycles. The number of rotatable bonds is 6. The van der Waals surface area contributed by atoms with E-state index in [9.17, 15) is 0 Å². The third kappa shape index (κ3) is 4.03. The van der Waals surface area contributed by atoms with Crippen molar-refractivity contribution in [2.24, 2.45) is 0 Å². The second-order valence-corrected chi connectivity index (χ2v) is 7.93. The topological polar surface area (TPSA) is 51.8 Å². The summed E-state index contributed by atoms with van der Waals surface area (Å²) >= 11 is 3.20. The van der Waals surface area contributed by atoms with Crippen molar-refractivity contribution >= 4 is 23.1 Å². The van der Waals surface area contributed by atoms with E-state index in [1.54, 1.807) is 23.1 Å². The fourth-order valence-electron chi connectivity index (χ4n) is 2.69. The molecule has 0 unspecified atom stereocenters. The Labute approximate surface area is 160 Å². The molecule has 130 valence electrons. The molecule has 2 aromatic carbocycles. The second kappa shape index (κ2) is 7.85. The van der Waals surface area contributed by atoms with Crippen molar-refractivity contribution in [3.8, 4) is 0 Å². The zero-order valence-electron chi connectivity index (χ0n) is 14.2. The molecule has 0 saturated heterocycles. The van der Waals surface area contributed by atoms with Gasteiger partial charge >= 0.3 is 0 Å². The van der Waals surface area contributed by atoms with Crippen LogP contribution in [0.4, 0.5) is 0 Å². The van der Waals surface area contributed by atoms with Crippen LogP contribution in [0.2, 0.25) is 0 Å². The molecule has 4 rings (SSSR count). The summed E-state index contributed by atoms with van der Waals surface area (Å²) in [4.78, 5) is 4.46. The highest BCUT2D eigenvalue weighted by Gasteiger charge is 2.19. The van der Waals surface area contributed by atoms with Crippen LogP contribution in [0.3, 0.4) is 0 Å². The van der Waals surface area contributed by atoms with Gasteiger partial charge in [0.05, 0.1) is 22.4 Å². The number of aromatic nitrogens is 3. The maximum absolute atomic E-state index is 5.88. The Hall–Kier alpha value is -2.44. The van der Waals surface area contributed by atoms with E-state index in [4.69, 9.17) is 4.42 Å². The molecule has 0 aliphatic heterocycles. The third-order valence-corrected chi connectivity index (χ3v) is 5.84. The lowest BCUT2D eigenvalue weighted by Gasteiger charge is -2.15. The van der Waals surface area contributed by atoms with Crippen LogP contribution in [0.25, 0.3) is 0 Å². The molecule has 2 heterocycles. The van der Waals surface area contributed by atoms with Crippen LogP contribution >= 0.6 is 23.1 Å². The van der Waals surface area contributed by atoms with Crippen LogP contribution in [0.5, 0.6) is 0 Å². The van der Waals surface area contributed by atoms with Gasteiger partial charge in [0.1, 0.15) is 0 Å². The number of hydrogen-bond acceptors (Lipinski definition) is 6. The van der Waals surface area contributed by atoms with E-state index >= 15 is 0 Å². The number of hydrogen-bond donors (Lipinski definition) is 0. The molecule has 0 aliphatic rings. The highest BCUT2D eigenvalue weighted by Crippen LogP contribution is 2.39. The predicted octanol–water partition coefficient (Wildman–Crippen LogP) is 5.31. The summed E-state index contributed by atoms with van der Waals surface area (Å²) in [6.45, 7) is 1.99. The first kappa shape index (κ1) is 17.0. The van der Waals surface area contributed by atoms with Crippen molar-refractivity contribution in [1.82, 2.24) is 15.2 Å². The molecule has 6 heteroatoms. The lowest BCUT2D eigenvalue weighted by molar-refractivity contribution is 0.419. The van der Waals surface area contributed by atoms with Gasteiger partial charge in [0.15, 0.2) is 0 Å². The molecule has 0 atom stereocenters. The van der Waals surface area contributed by atoms with E-state index in [1.807, 2.05) is 24.4 Å². The molecule has 0 bridgehead atoms. The number of aryl methyl sites for hydroxylation is 1. The fourth-order valence-corrected chi connectivity index (χ4v) is 4.32. The molecular formula is C20H17N3OS2. The number of benzene rings is 2. The molecule has 0 N–H and O–H groups in total. The van der Waals surface area contributed by atoms with Crippen LogP contribution in [0.1, 0.15) is 33.0 Å². The minimum absolute atomic E-state index is 0.104. The number of thioether (sulfide) groups is 1. The minimum Gasteiger partial charge on any atom is -0.416 e. The maximum Gasteiger partial charge on any atom is 0.277 e. The van der Waals surface area contributed by atoms with Crippen LogP contribution in [0, 0.1) is 6.92 Å². The Morgan fingerprint density at radius 3 is 2.19 bits per heavy atom. The van der Waals surface area contributed by atoms with Crippen LogP contribution < -0.4 is 0 Å². The number of nitrogens with zero attached hydrogens (tertiary/aromatic N) is 3. The maximum atomic E-state index is 5.88. The smallest absolute Gasteiger partial charge is 0.277 e. The average Bonchev–Trinajstić information content (AvgIpc) is 3.30. The van der Waals surface area contributed by atoms with E-state index in [0.717, 1.165) is 10.7 Å². The van der Waals surface area contributed by atoms with Gasteiger partial charge in [-0.25, -0.2) is 4.98 Å². The molecule has 0 aliphatic carbocycles. The summed E-state index contributed by atoms with van der Waals surface area (Å²) in [7, 11) is 0. The van der Waals surface area contributed by atoms with Crippen molar-refractivity contribution in [3.05, 3.63) is 93.8 Å². The molecule has 0 fully saturated rings. The Balaban J connectivity index is 1.56. The van der Waals surface area contributed by atoms with Crippen LogP contribution in [0.15, 0.2) is 75.7 Å². The fraction of sp³-hybridized carbons (Fsp3) is 0.150.